The largest absolute Gasteiger partial charge is 0.396 e. The van der Waals surface area contributed by atoms with E-state index in [1.54, 1.807) is 7.11 Å². The van der Waals surface area contributed by atoms with Crippen molar-refractivity contribution in [3.8, 4) is 0 Å². The monoisotopic (exact) mass is 214 g/mol. The zero-order chi connectivity index (χ0) is 11.3. The molecular weight excluding hydrogens is 192 g/mol. The summed E-state index contributed by atoms with van der Waals surface area (Å²) < 4.78 is 5.40. The van der Waals surface area contributed by atoms with Gasteiger partial charge in [0.1, 0.15) is 0 Å². The van der Waals surface area contributed by atoms with Crippen molar-refractivity contribution in [1.29, 1.82) is 0 Å². The van der Waals surface area contributed by atoms with Gasteiger partial charge in [0.2, 0.25) is 0 Å². The molecule has 1 fully saturated rings. The molecule has 0 aromatic rings. The molecule has 0 unspecified atom stereocenters. The van der Waals surface area contributed by atoms with Crippen molar-refractivity contribution in [2.24, 2.45) is 17.8 Å². The number of hydrogen-bond acceptors (Lipinski definition) is 3. The molecule has 0 aliphatic heterocycles. The fourth-order valence-electron chi connectivity index (χ4n) is 1.89. The van der Waals surface area contributed by atoms with Crippen LogP contribution in [-0.2, 0) is 4.74 Å². The third-order valence-corrected chi connectivity index (χ3v) is 3.11. The van der Waals surface area contributed by atoms with Gasteiger partial charge >= 0.3 is 0 Å². The van der Waals surface area contributed by atoms with Crippen LogP contribution < -0.4 is 0 Å². The van der Waals surface area contributed by atoms with Crippen LogP contribution in [0.2, 0.25) is 0 Å². The minimum Gasteiger partial charge on any atom is -0.396 e. The maximum absolute atomic E-state index is 8.97. The molecule has 88 valence electrons. The van der Waals surface area contributed by atoms with Crippen LogP contribution in [0.5, 0.6) is 0 Å². The van der Waals surface area contributed by atoms with Crippen molar-refractivity contribution >= 4 is 0 Å². The highest BCUT2D eigenvalue weighted by atomic mass is 16.5. The molecule has 1 aliphatic rings. The van der Waals surface area contributed by atoms with E-state index >= 15 is 0 Å². The van der Waals surface area contributed by atoms with Crippen molar-refractivity contribution in [1.82, 2.24) is 0 Å². The highest BCUT2D eigenvalue weighted by Gasteiger charge is 2.41. The van der Waals surface area contributed by atoms with Crippen LogP contribution in [0.25, 0.3) is 0 Å². The van der Waals surface area contributed by atoms with E-state index in [0.717, 1.165) is 12.8 Å². The van der Waals surface area contributed by atoms with E-state index in [1.165, 1.54) is 0 Å². The van der Waals surface area contributed by atoms with Crippen LogP contribution in [-0.4, -0.2) is 36.6 Å². The first-order chi connectivity index (χ1) is 7.22. The first-order valence-electron chi connectivity index (χ1n) is 5.64. The van der Waals surface area contributed by atoms with E-state index in [1.807, 2.05) is 13.0 Å². The molecule has 0 amide bonds. The molecule has 1 aliphatic carbocycles. The number of rotatable bonds is 7. The second kappa shape index (κ2) is 6.26. The van der Waals surface area contributed by atoms with E-state index in [4.69, 9.17) is 14.9 Å². The average Bonchev–Trinajstić information content (AvgIpc) is 3.03. The first-order valence-corrected chi connectivity index (χ1v) is 5.64. The Kier molecular flexibility index (Phi) is 5.29. The lowest BCUT2D eigenvalue weighted by molar-refractivity contribution is 0.0780. The van der Waals surface area contributed by atoms with E-state index in [-0.39, 0.29) is 25.2 Å². The molecular formula is C12H22O3. The molecule has 0 spiro atoms. The Morgan fingerprint density at radius 1 is 1.47 bits per heavy atom. The van der Waals surface area contributed by atoms with Crippen molar-refractivity contribution in [2.45, 2.75) is 25.9 Å². The van der Waals surface area contributed by atoms with Crippen molar-refractivity contribution < 1.29 is 14.9 Å². The van der Waals surface area contributed by atoms with Gasteiger partial charge in [-0.15, -0.1) is 0 Å². The Balaban J connectivity index is 2.26. The van der Waals surface area contributed by atoms with Gasteiger partial charge in [0.25, 0.3) is 0 Å². The van der Waals surface area contributed by atoms with Gasteiger partial charge in [-0.25, -0.2) is 0 Å². The molecule has 0 saturated heterocycles. The maximum Gasteiger partial charge on any atom is 0.0637 e. The smallest absolute Gasteiger partial charge is 0.0637 e. The van der Waals surface area contributed by atoms with Crippen LogP contribution in [0, 0.1) is 17.8 Å². The van der Waals surface area contributed by atoms with Crippen LogP contribution in [0.4, 0.5) is 0 Å². The highest BCUT2D eigenvalue weighted by Crippen LogP contribution is 2.42. The number of aliphatic hydroxyl groups excluding tert-OH is 2. The molecule has 4 atom stereocenters. The lowest BCUT2D eigenvalue weighted by Gasteiger charge is -2.12. The van der Waals surface area contributed by atoms with E-state index in [0.29, 0.717) is 11.8 Å². The van der Waals surface area contributed by atoms with Crippen molar-refractivity contribution in [3.63, 3.8) is 0 Å². The fourth-order valence-corrected chi connectivity index (χ4v) is 1.89. The van der Waals surface area contributed by atoms with Crippen molar-refractivity contribution in [3.05, 3.63) is 12.2 Å². The topological polar surface area (TPSA) is 49.7 Å². The summed E-state index contributed by atoms with van der Waals surface area (Å²) in [7, 11) is 1.72. The number of methoxy groups -OCH3 is 1. The summed E-state index contributed by atoms with van der Waals surface area (Å²) in [6.07, 6.45) is 6.27. The van der Waals surface area contributed by atoms with Gasteiger partial charge < -0.3 is 14.9 Å². The van der Waals surface area contributed by atoms with Crippen LogP contribution in [0.3, 0.4) is 0 Å². The number of aliphatic hydroxyl groups is 2. The zero-order valence-corrected chi connectivity index (χ0v) is 9.60. The lowest BCUT2D eigenvalue weighted by atomic mass is 10.1. The Morgan fingerprint density at radius 3 is 2.67 bits per heavy atom. The third kappa shape index (κ3) is 3.93. The molecule has 0 heterocycles. The fraction of sp³-hybridized carbons (Fsp3) is 0.833. The standard InChI is InChI=1S/C12H22O3/c1-9(7-13)4-3-5-12(15-2)11-6-10(11)8-14/h3-4,9-14H,5-8H2,1-2H3/b4-3+/t9-,10+,11-,12-/m1/s1. The first kappa shape index (κ1) is 12.7. The van der Waals surface area contributed by atoms with Gasteiger partial charge in [-0.05, 0) is 30.6 Å². The summed E-state index contributed by atoms with van der Waals surface area (Å²) >= 11 is 0. The molecule has 1 saturated carbocycles. The summed E-state index contributed by atoms with van der Waals surface area (Å²) in [4.78, 5) is 0. The number of ether oxygens (including phenoxy) is 1. The summed E-state index contributed by atoms with van der Waals surface area (Å²) in [5, 5.41) is 17.8. The summed E-state index contributed by atoms with van der Waals surface area (Å²) in [5.41, 5.74) is 0. The normalized spacial score (nSPS) is 29.3. The van der Waals surface area contributed by atoms with Gasteiger partial charge in [-0.1, -0.05) is 19.1 Å². The molecule has 3 nitrogen and oxygen atoms in total. The van der Waals surface area contributed by atoms with Gasteiger partial charge in [-0.2, -0.15) is 0 Å². The Morgan fingerprint density at radius 2 is 2.20 bits per heavy atom. The molecule has 0 bridgehead atoms. The van der Waals surface area contributed by atoms with Crippen LogP contribution in [0.1, 0.15) is 19.8 Å². The summed E-state index contributed by atoms with van der Waals surface area (Å²) in [6.45, 7) is 2.45. The lowest BCUT2D eigenvalue weighted by Crippen LogP contribution is -2.14. The minimum atomic E-state index is 0.191. The van der Waals surface area contributed by atoms with Crippen molar-refractivity contribution in [2.75, 3.05) is 20.3 Å². The molecule has 1 rings (SSSR count). The SMILES string of the molecule is CO[C@H](C/C=C/[C@@H](C)CO)[C@@H]1C[C@H]1CO. The highest BCUT2D eigenvalue weighted by molar-refractivity contribution is 4.96. The predicted octanol–water partition coefficient (Wildman–Crippen LogP) is 1.20. The second-order valence-corrected chi connectivity index (χ2v) is 4.44. The molecule has 0 radical (unpaired) electrons. The molecule has 3 heteroatoms. The number of hydrogen-bond donors (Lipinski definition) is 2. The quantitative estimate of drug-likeness (QED) is 0.626. The summed E-state index contributed by atoms with van der Waals surface area (Å²) in [5.74, 6) is 1.18. The third-order valence-electron chi connectivity index (χ3n) is 3.11. The van der Waals surface area contributed by atoms with E-state index in [9.17, 15) is 0 Å². The van der Waals surface area contributed by atoms with Gasteiger partial charge in [0.15, 0.2) is 0 Å². The molecule has 2 N–H and O–H groups in total. The Labute approximate surface area is 91.8 Å². The molecule has 15 heavy (non-hydrogen) atoms. The Bertz CT molecular complexity index is 203. The van der Waals surface area contributed by atoms with E-state index < -0.39 is 0 Å². The van der Waals surface area contributed by atoms with Gasteiger partial charge in [0, 0.05) is 20.3 Å². The maximum atomic E-state index is 8.97. The molecule has 0 aromatic carbocycles. The predicted molar refractivity (Wildman–Crippen MR) is 59.5 cm³/mol. The van der Waals surface area contributed by atoms with E-state index in [2.05, 4.69) is 6.08 Å². The van der Waals surface area contributed by atoms with Crippen LogP contribution in [0.15, 0.2) is 12.2 Å². The van der Waals surface area contributed by atoms with Gasteiger partial charge in [-0.3, -0.25) is 0 Å². The zero-order valence-electron chi connectivity index (χ0n) is 9.60. The average molecular weight is 214 g/mol. The Hall–Kier alpha value is -0.380. The van der Waals surface area contributed by atoms with Crippen LogP contribution >= 0.6 is 0 Å². The summed E-state index contributed by atoms with van der Waals surface area (Å²) in [6, 6.07) is 0. The van der Waals surface area contributed by atoms with Gasteiger partial charge in [0.05, 0.1) is 6.10 Å². The molecule has 0 aromatic heterocycles. The second-order valence-electron chi connectivity index (χ2n) is 4.44. The minimum absolute atomic E-state index is 0.191.